The zero-order valence-electron chi connectivity index (χ0n) is 13.6. The minimum Gasteiger partial charge on any atom is -0.273 e. The van der Waals surface area contributed by atoms with E-state index in [4.69, 9.17) is 11.6 Å². The molecule has 0 fully saturated rings. The molecule has 0 unspecified atom stereocenters. The summed E-state index contributed by atoms with van der Waals surface area (Å²) < 4.78 is 0. The van der Waals surface area contributed by atoms with Gasteiger partial charge < -0.3 is 0 Å². The zero-order valence-corrected chi connectivity index (χ0v) is 14.4. The SMILES string of the molecule is CC(C)(C)c1ccc(C=NNC(=O)Cc2ccc(Cl)cc2)cc1. The number of hydrazone groups is 1. The maximum absolute atomic E-state index is 11.8. The predicted molar refractivity (Wildman–Crippen MR) is 96.0 cm³/mol. The lowest BCUT2D eigenvalue weighted by Gasteiger charge is -2.18. The molecule has 0 spiro atoms. The lowest BCUT2D eigenvalue weighted by Crippen LogP contribution is -2.19. The van der Waals surface area contributed by atoms with E-state index < -0.39 is 0 Å². The monoisotopic (exact) mass is 328 g/mol. The summed E-state index contributed by atoms with van der Waals surface area (Å²) in [5, 5.41) is 4.65. The largest absolute Gasteiger partial charge is 0.273 e. The third-order valence-corrected chi connectivity index (χ3v) is 3.71. The minimum absolute atomic E-state index is 0.127. The molecule has 4 heteroatoms. The molecule has 2 aromatic rings. The van der Waals surface area contributed by atoms with Crippen LogP contribution in [0.4, 0.5) is 0 Å². The molecule has 2 aromatic carbocycles. The molecule has 0 aliphatic heterocycles. The molecule has 0 saturated heterocycles. The smallest absolute Gasteiger partial charge is 0.244 e. The van der Waals surface area contributed by atoms with Gasteiger partial charge >= 0.3 is 0 Å². The van der Waals surface area contributed by atoms with E-state index in [2.05, 4.69) is 43.4 Å². The van der Waals surface area contributed by atoms with E-state index in [0.717, 1.165) is 11.1 Å². The molecule has 120 valence electrons. The molecular formula is C19H21ClN2O. The summed E-state index contributed by atoms with van der Waals surface area (Å²) in [4.78, 5) is 11.8. The van der Waals surface area contributed by atoms with Crippen LogP contribution in [0.3, 0.4) is 0 Å². The maximum atomic E-state index is 11.8. The molecule has 0 atom stereocenters. The van der Waals surface area contributed by atoms with Gasteiger partial charge in [0.2, 0.25) is 5.91 Å². The lowest BCUT2D eigenvalue weighted by atomic mass is 9.87. The second kappa shape index (κ2) is 7.42. The Balaban J connectivity index is 1.88. The summed E-state index contributed by atoms with van der Waals surface area (Å²) in [5.41, 5.74) is 5.78. The van der Waals surface area contributed by atoms with Crippen molar-refractivity contribution in [2.45, 2.75) is 32.6 Å². The topological polar surface area (TPSA) is 41.5 Å². The van der Waals surface area contributed by atoms with Gasteiger partial charge in [0.25, 0.3) is 0 Å². The van der Waals surface area contributed by atoms with E-state index in [0.29, 0.717) is 5.02 Å². The lowest BCUT2D eigenvalue weighted by molar-refractivity contribution is -0.120. The number of rotatable bonds is 4. The van der Waals surface area contributed by atoms with Crippen molar-refractivity contribution in [2.75, 3.05) is 0 Å². The molecule has 0 bridgehead atoms. The summed E-state index contributed by atoms with van der Waals surface area (Å²) in [6, 6.07) is 15.3. The number of nitrogens with zero attached hydrogens (tertiary/aromatic N) is 1. The molecule has 0 heterocycles. The normalized spacial score (nSPS) is 11.7. The van der Waals surface area contributed by atoms with Crippen molar-refractivity contribution in [3.8, 4) is 0 Å². The Hall–Kier alpha value is -2.13. The van der Waals surface area contributed by atoms with Gasteiger partial charge in [0.1, 0.15) is 0 Å². The third kappa shape index (κ3) is 5.53. The number of nitrogens with one attached hydrogen (secondary N) is 1. The highest BCUT2D eigenvalue weighted by molar-refractivity contribution is 6.30. The fraction of sp³-hybridized carbons (Fsp3) is 0.263. The van der Waals surface area contributed by atoms with Crippen molar-refractivity contribution >= 4 is 23.7 Å². The van der Waals surface area contributed by atoms with Gasteiger partial charge in [-0.15, -0.1) is 0 Å². The van der Waals surface area contributed by atoms with Crippen LogP contribution in [0.5, 0.6) is 0 Å². The van der Waals surface area contributed by atoms with Gasteiger partial charge in [-0.05, 0) is 34.2 Å². The van der Waals surface area contributed by atoms with Crippen LogP contribution < -0.4 is 5.43 Å². The van der Waals surface area contributed by atoms with Crippen LogP contribution in [0.1, 0.15) is 37.5 Å². The molecule has 23 heavy (non-hydrogen) atoms. The van der Waals surface area contributed by atoms with E-state index in [9.17, 15) is 4.79 Å². The highest BCUT2D eigenvalue weighted by atomic mass is 35.5. The Kier molecular flexibility index (Phi) is 5.56. The first-order valence-corrected chi connectivity index (χ1v) is 7.89. The molecular weight excluding hydrogens is 308 g/mol. The van der Waals surface area contributed by atoms with Gasteiger partial charge in [-0.3, -0.25) is 4.79 Å². The number of hydrogen-bond acceptors (Lipinski definition) is 2. The van der Waals surface area contributed by atoms with Crippen molar-refractivity contribution in [3.05, 3.63) is 70.2 Å². The molecule has 1 amide bonds. The van der Waals surface area contributed by atoms with Crippen LogP contribution in [0.2, 0.25) is 5.02 Å². The van der Waals surface area contributed by atoms with Crippen molar-refractivity contribution in [1.82, 2.24) is 5.43 Å². The standard InChI is InChI=1S/C19H21ClN2O/c1-19(2,3)16-8-4-15(5-9-16)13-21-22-18(23)12-14-6-10-17(20)11-7-14/h4-11,13H,12H2,1-3H3,(H,22,23). The number of carbonyl (C=O) groups excluding carboxylic acids is 1. The van der Waals surface area contributed by atoms with Crippen LogP contribution in [0.15, 0.2) is 53.6 Å². The Morgan fingerprint density at radius 3 is 2.26 bits per heavy atom. The van der Waals surface area contributed by atoms with Crippen LogP contribution in [-0.2, 0) is 16.6 Å². The van der Waals surface area contributed by atoms with Gasteiger partial charge in [-0.1, -0.05) is 68.8 Å². The van der Waals surface area contributed by atoms with Gasteiger partial charge in [-0.25, -0.2) is 5.43 Å². The number of carbonyl (C=O) groups is 1. The third-order valence-electron chi connectivity index (χ3n) is 3.46. The summed E-state index contributed by atoms with van der Waals surface area (Å²) in [6.45, 7) is 6.52. The first-order valence-electron chi connectivity index (χ1n) is 7.51. The molecule has 3 nitrogen and oxygen atoms in total. The van der Waals surface area contributed by atoms with E-state index in [1.54, 1.807) is 18.3 Å². The second-order valence-electron chi connectivity index (χ2n) is 6.47. The predicted octanol–water partition coefficient (Wildman–Crippen LogP) is 4.33. The summed E-state index contributed by atoms with van der Waals surface area (Å²) in [6.07, 6.45) is 1.92. The summed E-state index contributed by atoms with van der Waals surface area (Å²) in [5.74, 6) is -0.158. The quantitative estimate of drug-likeness (QED) is 0.658. The molecule has 2 rings (SSSR count). The highest BCUT2D eigenvalue weighted by Crippen LogP contribution is 2.21. The number of benzene rings is 2. The molecule has 0 radical (unpaired) electrons. The van der Waals surface area contributed by atoms with Crippen LogP contribution in [-0.4, -0.2) is 12.1 Å². The van der Waals surface area contributed by atoms with Gasteiger partial charge in [-0.2, -0.15) is 5.10 Å². The Labute approximate surface area is 142 Å². The van der Waals surface area contributed by atoms with Crippen LogP contribution >= 0.6 is 11.6 Å². The first kappa shape index (κ1) is 17.2. The molecule has 1 N–H and O–H groups in total. The average Bonchev–Trinajstić information content (AvgIpc) is 2.49. The summed E-state index contributed by atoms with van der Waals surface area (Å²) >= 11 is 5.81. The van der Waals surface area contributed by atoms with Crippen molar-refractivity contribution in [1.29, 1.82) is 0 Å². The fourth-order valence-electron chi connectivity index (χ4n) is 2.08. The van der Waals surface area contributed by atoms with E-state index in [-0.39, 0.29) is 17.7 Å². The Morgan fingerprint density at radius 2 is 1.70 bits per heavy atom. The Morgan fingerprint density at radius 1 is 1.09 bits per heavy atom. The van der Waals surface area contributed by atoms with Crippen molar-refractivity contribution < 1.29 is 4.79 Å². The highest BCUT2D eigenvalue weighted by Gasteiger charge is 2.12. The maximum Gasteiger partial charge on any atom is 0.244 e. The van der Waals surface area contributed by atoms with E-state index in [1.165, 1.54) is 5.56 Å². The fourth-order valence-corrected chi connectivity index (χ4v) is 2.20. The molecule has 0 aliphatic rings. The molecule has 0 saturated carbocycles. The van der Waals surface area contributed by atoms with Gasteiger partial charge in [0, 0.05) is 5.02 Å². The molecule has 0 aliphatic carbocycles. The average molecular weight is 329 g/mol. The summed E-state index contributed by atoms with van der Waals surface area (Å²) in [7, 11) is 0. The second-order valence-corrected chi connectivity index (χ2v) is 6.90. The number of amides is 1. The van der Waals surface area contributed by atoms with Crippen molar-refractivity contribution in [3.63, 3.8) is 0 Å². The zero-order chi connectivity index (χ0) is 16.9. The first-order chi connectivity index (χ1) is 10.8. The minimum atomic E-state index is -0.158. The van der Waals surface area contributed by atoms with Gasteiger partial charge in [0.15, 0.2) is 0 Å². The number of halogens is 1. The van der Waals surface area contributed by atoms with Crippen molar-refractivity contribution in [2.24, 2.45) is 5.10 Å². The Bertz CT molecular complexity index is 683. The number of hydrogen-bond donors (Lipinski definition) is 1. The molecule has 0 aromatic heterocycles. The van der Waals surface area contributed by atoms with Gasteiger partial charge in [0.05, 0.1) is 12.6 Å². The van der Waals surface area contributed by atoms with Crippen LogP contribution in [0.25, 0.3) is 0 Å². The van der Waals surface area contributed by atoms with E-state index in [1.807, 2.05) is 24.3 Å². The van der Waals surface area contributed by atoms with E-state index >= 15 is 0 Å². The van der Waals surface area contributed by atoms with Crippen LogP contribution in [0, 0.1) is 0 Å².